The summed E-state index contributed by atoms with van der Waals surface area (Å²) >= 11 is 0. The molecule has 22 heavy (non-hydrogen) atoms. The average Bonchev–Trinajstić information content (AvgIpc) is 2.55. The number of nitrogens with one attached hydrogen (secondary N) is 2. The minimum Gasteiger partial charge on any atom is -0.495 e. The second kappa shape index (κ2) is 7.14. The standard InChI is InChI=1S/C17H17N3O2/c1-12(14-9-7-13(11-18)8-10-14)19-17(21)20-15-5-3-4-6-16(15)22-2/h3-10,12H,1-2H3,(H2,19,20,21)/t12-/m1/s1. The van der Waals surface area contributed by atoms with E-state index in [0.29, 0.717) is 17.0 Å². The molecule has 0 saturated carbocycles. The summed E-state index contributed by atoms with van der Waals surface area (Å²) in [5.41, 5.74) is 2.12. The third kappa shape index (κ3) is 3.76. The normalized spacial score (nSPS) is 11.1. The number of rotatable bonds is 4. The largest absolute Gasteiger partial charge is 0.495 e. The second-order valence-corrected chi connectivity index (χ2v) is 4.75. The van der Waals surface area contributed by atoms with Gasteiger partial charge < -0.3 is 15.4 Å². The van der Waals surface area contributed by atoms with Crippen molar-refractivity contribution in [2.75, 3.05) is 12.4 Å². The highest BCUT2D eigenvalue weighted by molar-refractivity contribution is 5.91. The summed E-state index contributed by atoms with van der Waals surface area (Å²) in [5, 5.41) is 14.4. The SMILES string of the molecule is COc1ccccc1NC(=O)N[C@H](C)c1ccc(C#N)cc1. The predicted molar refractivity (Wildman–Crippen MR) is 84.7 cm³/mol. The molecule has 2 amide bonds. The van der Waals surface area contributed by atoms with E-state index in [9.17, 15) is 4.79 Å². The molecule has 2 aromatic carbocycles. The van der Waals surface area contributed by atoms with Gasteiger partial charge in [0.15, 0.2) is 0 Å². The van der Waals surface area contributed by atoms with Crippen LogP contribution in [0.2, 0.25) is 0 Å². The van der Waals surface area contributed by atoms with Gasteiger partial charge in [-0.25, -0.2) is 4.79 Å². The Morgan fingerprint density at radius 2 is 1.86 bits per heavy atom. The van der Waals surface area contributed by atoms with E-state index in [4.69, 9.17) is 10.00 Å². The maximum atomic E-state index is 12.1. The first-order valence-corrected chi connectivity index (χ1v) is 6.84. The zero-order valence-electron chi connectivity index (χ0n) is 12.5. The van der Waals surface area contributed by atoms with E-state index >= 15 is 0 Å². The molecule has 0 spiro atoms. The van der Waals surface area contributed by atoms with Crippen LogP contribution in [0.3, 0.4) is 0 Å². The van der Waals surface area contributed by atoms with Gasteiger partial charge in [-0.15, -0.1) is 0 Å². The van der Waals surface area contributed by atoms with Gasteiger partial charge in [-0.3, -0.25) is 0 Å². The smallest absolute Gasteiger partial charge is 0.319 e. The summed E-state index contributed by atoms with van der Waals surface area (Å²) in [6.07, 6.45) is 0. The molecule has 2 N–H and O–H groups in total. The molecule has 0 heterocycles. The van der Waals surface area contributed by atoms with E-state index in [1.807, 2.05) is 31.2 Å². The maximum absolute atomic E-state index is 12.1. The summed E-state index contributed by atoms with van der Waals surface area (Å²) in [7, 11) is 1.55. The van der Waals surface area contributed by atoms with Crippen LogP contribution in [-0.2, 0) is 0 Å². The first-order chi connectivity index (χ1) is 10.6. The third-order valence-electron chi connectivity index (χ3n) is 3.24. The van der Waals surface area contributed by atoms with Crippen LogP contribution in [-0.4, -0.2) is 13.1 Å². The molecule has 0 bridgehead atoms. The molecule has 0 radical (unpaired) electrons. The fourth-order valence-electron chi connectivity index (χ4n) is 2.03. The van der Waals surface area contributed by atoms with Crippen LogP contribution >= 0.6 is 0 Å². The van der Waals surface area contributed by atoms with Gasteiger partial charge in [0.1, 0.15) is 5.75 Å². The van der Waals surface area contributed by atoms with Gasteiger partial charge in [-0.1, -0.05) is 24.3 Å². The van der Waals surface area contributed by atoms with Crippen LogP contribution in [0.5, 0.6) is 5.75 Å². The summed E-state index contributed by atoms with van der Waals surface area (Å²) in [4.78, 5) is 12.1. The Morgan fingerprint density at radius 3 is 2.50 bits per heavy atom. The first-order valence-electron chi connectivity index (χ1n) is 6.84. The summed E-state index contributed by atoms with van der Waals surface area (Å²) in [5.74, 6) is 0.601. The van der Waals surface area contributed by atoms with Crippen molar-refractivity contribution >= 4 is 11.7 Å². The van der Waals surface area contributed by atoms with Gasteiger partial charge in [0.05, 0.1) is 30.5 Å². The number of hydrogen-bond acceptors (Lipinski definition) is 3. The van der Waals surface area contributed by atoms with Crippen LogP contribution in [0.25, 0.3) is 0 Å². The number of nitriles is 1. The van der Waals surface area contributed by atoms with Crippen LogP contribution in [0.15, 0.2) is 48.5 Å². The van der Waals surface area contributed by atoms with E-state index in [2.05, 4.69) is 16.7 Å². The predicted octanol–water partition coefficient (Wildman–Crippen LogP) is 3.45. The summed E-state index contributed by atoms with van der Waals surface area (Å²) < 4.78 is 5.19. The summed E-state index contributed by atoms with van der Waals surface area (Å²) in [6, 6.07) is 15.9. The highest BCUT2D eigenvalue weighted by atomic mass is 16.5. The molecule has 0 fully saturated rings. The number of para-hydroxylation sites is 2. The number of benzene rings is 2. The van der Waals surface area contributed by atoms with Gasteiger partial charge in [0.2, 0.25) is 0 Å². The summed E-state index contributed by atoms with van der Waals surface area (Å²) in [6.45, 7) is 1.88. The number of methoxy groups -OCH3 is 1. The number of nitrogens with zero attached hydrogens (tertiary/aromatic N) is 1. The Balaban J connectivity index is 2.00. The quantitative estimate of drug-likeness (QED) is 0.907. The lowest BCUT2D eigenvalue weighted by atomic mass is 10.1. The molecule has 2 aromatic rings. The number of anilines is 1. The average molecular weight is 295 g/mol. The molecule has 5 heteroatoms. The number of carbonyl (C=O) groups excluding carboxylic acids is 1. The molecule has 0 unspecified atom stereocenters. The van der Waals surface area contributed by atoms with Crippen LogP contribution in [0, 0.1) is 11.3 Å². The van der Waals surface area contributed by atoms with E-state index in [1.165, 1.54) is 0 Å². The highest BCUT2D eigenvalue weighted by Gasteiger charge is 2.11. The number of hydrogen-bond donors (Lipinski definition) is 2. The minimum atomic E-state index is -0.318. The number of urea groups is 1. The molecular formula is C17H17N3O2. The highest BCUT2D eigenvalue weighted by Crippen LogP contribution is 2.23. The van der Waals surface area contributed by atoms with Gasteiger partial charge in [-0.2, -0.15) is 5.26 Å². The second-order valence-electron chi connectivity index (χ2n) is 4.75. The Kier molecular flexibility index (Phi) is 4.99. The fraction of sp³-hybridized carbons (Fsp3) is 0.176. The zero-order chi connectivity index (χ0) is 15.9. The Labute approximate surface area is 129 Å². The lowest BCUT2D eigenvalue weighted by molar-refractivity contribution is 0.249. The molecule has 5 nitrogen and oxygen atoms in total. The van der Waals surface area contributed by atoms with Crippen LogP contribution < -0.4 is 15.4 Å². The van der Waals surface area contributed by atoms with Gasteiger partial charge in [0.25, 0.3) is 0 Å². The fourth-order valence-corrected chi connectivity index (χ4v) is 2.03. The maximum Gasteiger partial charge on any atom is 0.319 e. The number of carbonyl (C=O) groups is 1. The Morgan fingerprint density at radius 1 is 1.18 bits per heavy atom. The Hall–Kier alpha value is -3.00. The van der Waals surface area contributed by atoms with E-state index in [1.54, 1.807) is 31.4 Å². The van der Waals surface area contributed by atoms with Crippen molar-refractivity contribution in [2.24, 2.45) is 0 Å². The molecule has 0 aromatic heterocycles. The van der Waals surface area contributed by atoms with E-state index < -0.39 is 0 Å². The Bertz CT molecular complexity index is 690. The monoisotopic (exact) mass is 295 g/mol. The molecule has 0 aliphatic rings. The minimum absolute atomic E-state index is 0.178. The topological polar surface area (TPSA) is 74.2 Å². The van der Waals surface area contributed by atoms with Crippen molar-refractivity contribution in [1.82, 2.24) is 5.32 Å². The molecule has 2 rings (SSSR count). The van der Waals surface area contributed by atoms with Crippen LogP contribution in [0.1, 0.15) is 24.1 Å². The van der Waals surface area contributed by atoms with Gasteiger partial charge >= 0.3 is 6.03 Å². The van der Waals surface area contributed by atoms with E-state index in [-0.39, 0.29) is 12.1 Å². The van der Waals surface area contributed by atoms with Crippen molar-refractivity contribution < 1.29 is 9.53 Å². The molecule has 0 saturated heterocycles. The number of amides is 2. The lowest BCUT2D eigenvalue weighted by Crippen LogP contribution is -2.31. The first kappa shape index (κ1) is 15.4. The molecular weight excluding hydrogens is 278 g/mol. The van der Waals surface area contributed by atoms with Gasteiger partial charge in [0, 0.05) is 0 Å². The van der Waals surface area contributed by atoms with Gasteiger partial charge in [-0.05, 0) is 36.8 Å². The molecule has 0 aliphatic carbocycles. The van der Waals surface area contributed by atoms with Crippen molar-refractivity contribution in [3.8, 4) is 11.8 Å². The number of ether oxygens (including phenoxy) is 1. The molecule has 112 valence electrons. The van der Waals surface area contributed by atoms with Crippen molar-refractivity contribution in [3.05, 3.63) is 59.7 Å². The molecule has 1 atom stereocenters. The van der Waals surface area contributed by atoms with Crippen molar-refractivity contribution in [2.45, 2.75) is 13.0 Å². The molecule has 0 aliphatic heterocycles. The van der Waals surface area contributed by atoms with Crippen molar-refractivity contribution in [1.29, 1.82) is 5.26 Å². The zero-order valence-corrected chi connectivity index (χ0v) is 12.5. The van der Waals surface area contributed by atoms with Crippen LogP contribution in [0.4, 0.5) is 10.5 Å². The third-order valence-corrected chi connectivity index (χ3v) is 3.24. The van der Waals surface area contributed by atoms with E-state index in [0.717, 1.165) is 5.56 Å². The lowest BCUT2D eigenvalue weighted by Gasteiger charge is -2.16. The van der Waals surface area contributed by atoms with Crippen molar-refractivity contribution in [3.63, 3.8) is 0 Å².